The summed E-state index contributed by atoms with van der Waals surface area (Å²) in [6.07, 6.45) is 0.212. The molecule has 1 atom stereocenters. The topological polar surface area (TPSA) is 75.6 Å². The Bertz CT molecular complexity index is 479. The average Bonchev–Trinajstić information content (AvgIpc) is 2.36. The molecule has 0 spiro atoms. The maximum absolute atomic E-state index is 12.0. The van der Waals surface area contributed by atoms with Crippen LogP contribution in [-0.2, 0) is 9.53 Å². The summed E-state index contributed by atoms with van der Waals surface area (Å²) in [4.78, 5) is 23.1. The van der Waals surface area contributed by atoms with E-state index in [2.05, 4.69) is 37.2 Å². The number of rotatable bonds is 6. The molecule has 0 saturated heterocycles. The Morgan fingerprint density at radius 1 is 1.42 bits per heavy atom. The molecule has 19 heavy (non-hydrogen) atoms. The highest BCUT2D eigenvalue weighted by atomic mass is 79.9. The third-order valence-corrected chi connectivity index (χ3v) is 3.57. The van der Waals surface area contributed by atoms with Crippen LogP contribution in [0.15, 0.2) is 27.1 Å². The standard InChI is InChI=1S/C12H13Br2NO4/c1-19-5-4-10(12(17)18)15-11(16)8-6-7(13)2-3-9(8)14/h2-3,6,10H,4-5H2,1H3,(H,15,16)(H,17,18). The average molecular weight is 395 g/mol. The van der Waals surface area contributed by atoms with Crippen LogP contribution in [0.4, 0.5) is 0 Å². The monoisotopic (exact) mass is 393 g/mol. The van der Waals surface area contributed by atoms with Gasteiger partial charge in [0.2, 0.25) is 0 Å². The van der Waals surface area contributed by atoms with E-state index >= 15 is 0 Å². The molecule has 0 aliphatic carbocycles. The summed E-state index contributed by atoms with van der Waals surface area (Å²) in [5.74, 6) is -1.53. The molecule has 0 fully saturated rings. The number of halogens is 2. The maximum atomic E-state index is 12.0. The first-order valence-electron chi connectivity index (χ1n) is 5.43. The van der Waals surface area contributed by atoms with E-state index in [1.54, 1.807) is 18.2 Å². The van der Waals surface area contributed by atoms with Gasteiger partial charge < -0.3 is 15.2 Å². The van der Waals surface area contributed by atoms with Crippen LogP contribution in [0, 0.1) is 0 Å². The number of aliphatic carboxylic acids is 1. The highest BCUT2D eigenvalue weighted by molar-refractivity contribution is 9.11. The quantitative estimate of drug-likeness (QED) is 0.776. The highest BCUT2D eigenvalue weighted by Gasteiger charge is 2.21. The largest absolute Gasteiger partial charge is 0.480 e. The zero-order valence-corrected chi connectivity index (χ0v) is 13.3. The number of hydrogen-bond acceptors (Lipinski definition) is 3. The smallest absolute Gasteiger partial charge is 0.326 e. The molecule has 0 aliphatic heterocycles. The van der Waals surface area contributed by atoms with Crippen LogP contribution in [-0.4, -0.2) is 36.7 Å². The van der Waals surface area contributed by atoms with Gasteiger partial charge in [-0.3, -0.25) is 4.79 Å². The van der Waals surface area contributed by atoms with Crippen LogP contribution in [0.5, 0.6) is 0 Å². The van der Waals surface area contributed by atoms with Gasteiger partial charge in [-0.05, 0) is 34.1 Å². The van der Waals surface area contributed by atoms with E-state index in [0.717, 1.165) is 4.47 Å². The number of benzene rings is 1. The number of hydrogen-bond donors (Lipinski definition) is 2. The lowest BCUT2D eigenvalue weighted by molar-refractivity contribution is -0.139. The van der Waals surface area contributed by atoms with Crippen molar-refractivity contribution in [2.24, 2.45) is 0 Å². The molecule has 1 aromatic rings. The first kappa shape index (κ1) is 16.1. The molecule has 5 nitrogen and oxygen atoms in total. The van der Waals surface area contributed by atoms with Gasteiger partial charge in [-0.1, -0.05) is 15.9 Å². The van der Waals surface area contributed by atoms with Gasteiger partial charge in [-0.2, -0.15) is 0 Å². The van der Waals surface area contributed by atoms with Gasteiger partial charge in [-0.15, -0.1) is 0 Å². The fraction of sp³-hybridized carbons (Fsp3) is 0.333. The molecular weight excluding hydrogens is 382 g/mol. The van der Waals surface area contributed by atoms with Gasteiger partial charge in [-0.25, -0.2) is 4.79 Å². The van der Waals surface area contributed by atoms with E-state index in [0.29, 0.717) is 10.0 Å². The molecule has 1 rings (SSSR count). The molecule has 104 valence electrons. The number of carbonyl (C=O) groups excluding carboxylic acids is 1. The van der Waals surface area contributed by atoms with Crippen molar-refractivity contribution in [3.05, 3.63) is 32.7 Å². The van der Waals surface area contributed by atoms with Gasteiger partial charge in [0.15, 0.2) is 0 Å². The number of methoxy groups -OCH3 is 1. The third kappa shape index (κ3) is 4.93. The fourth-order valence-electron chi connectivity index (χ4n) is 1.40. The molecule has 7 heteroatoms. The molecule has 1 unspecified atom stereocenters. The van der Waals surface area contributed by atoms with E-state index in [1.807, 2.05) is 0 Å². The predicted molar refractivity (Wildman–Crippen MR) is 77.2 cm³/mol. The molecule has 2 N–H and O–H groups in total. The zero-order chi connectivity index (χ0) is 14.4. The minimum absolute atomic E-state index is 0.212. The molecule has 1 amide bonds. The van der Waals surface area contributed by atoms with E-state index in [9.17, 15) is 9.59 Å². The normalized spacial score (nSPS) is 11.9. The number of nitrogens with one attached hydrogen (secondary N) is 1. The van der Waals surface area contributed by atoms with Crippen molar-refractivity contribution in [3.63, 3.8) is 0 Å². The van der Waals surface area contributed by atoms with E-state index < -0.39 is 17.9 Å². The number of carbonyl (C=O) groups is 2. The zero-order valence-electron chi connectivity index (χ0n) is 10.2. The van der Waals surface area contributed by atoms with Crippen molar-refractivity contribution in [2.45, 2.75) is 12.5 Å². The van der Waals surface area contributed by atoms with Crippen LogP contribution in [0.1, 0.15) is 16.8 Å². The van der Waals surface area contributed by atoms with Crippen LogP contribution >= 0.6 is 31.9 Å². The first-order chi connectivity index (χ1) is 8.95. The van der Waals surface area contributed by atoms with Crippen molar-refractivity contribution in [1.29, 1.82) is 0 Å². The molecule has 0 radical (unpaired) electrons. The van der Waals surface area contributed by atoms with E-state index in [-0.39, 0.29) is 13.0 Å². The minimum Gasteiger partial charge on any atom is -0.480 e. The fourth-order valence-corrected chi connectivity index (χ4v) is 2.19. The number of carboxylic acids is 1. The summed E-state index contributed by atoms with van der Waals surface area (Å²) in [6.45, 7) is 0.261. The van der Waals surface area contributed by atoms with Crippen molar-refractivity contribution in [1.82, 2.24) is 5.32 Å². The Kier molecular flexibility index (Phi) is 6.47. The van der Waals surface area contributed by atoms with Crippen LogP contribution in [0.25, 0.3) is 0 Å². The molecule has 0 aromatic heterocycles. The lowest BCUT2D eigenvalue weighted by Crippen LogP contribution is -2.41. The van der Waals surface area contributed by atoms with Crippen molar-refractivity contribution in [3.8, 4) is 0 Å². The Morgan fingerprint density at radius 2 is 2.11 bits per heavy atom. The SMILES string of the molecule is COCCC(NC(=O)c1cc(Br)ccc1Br)C(=O)O. The molecule has 1 aromatic carbocycles. The first-order valence-corrected chi connectivity index (χ1v) is 7.02. The van der Waals surface area contributed by atoms with Gasteiger partial charge in [0.25, 0.3) is 5.91 Å². The van der Waals surface area contributed by atoms with Gasteiger partial charge >= 0.3 is 5.97 Å². The summed E-state index contributed by atoms with van der Waals surface area (Å²) in [7, 11) is 1.48. The van der Waals surface area contributed by atoms with Crippen LogP contribution < -0.4 is 5.32 Å². The summed E-state index contributed by atoms with van der Waals surface area (Å²) >= 11 is 6.52. The van der Waals surface area contributed by atoms with Crippen molar-refractivity contribution < 1.29 is 19.4 Å². The second-order valence-corrected chi connectivity index (χ2v) is 5.54. The van der Waals surface area contributed by atoms with Crippen LogP contribution in [0.3, 0.4) is 0 Å². The van der Waals surface area contributed by atoms with Crippen molar-refractivity contribution >= 4 is 43.7 Å². The van der Waals surface area contributed by atoms with E-state index in [4.69, 9.17) is 9.84 Å². The van der Waals surface area contributed by atoms with Gasteiger partial charge in [0, 0.05) is 29.1 Å². The summed E-state index contributed by atoms with van der Waals surface area (Å²) < 4.78 is 6.16. The molecule has 0 heterocycles. The van der Waals surface area contributed by atoms with E-state index in [1.165, 1.54) is 7.11 Å². The highest BCUT2D eigenvalue weighted by Crippen LogP contribution is 2.21. The molecular formula is C12H13Br2NO4. The van der Waals surface area contributed by atoms with Gasteiger partial charge in [0.1, 0.15) is 6.04 Å². The molecule has 0 aliphatic rings. The van der Waals surface area contributed by atoms with Crippen molar-refractivity contribution in [2.75, 3.05) is 13.7 Å². The van der Waals surface area contributed by atoms with Gasteiger partial charge in [0.05, 0.1) is 5.56 Å². The Hall–Kier alpha value is -0.920. The van der Waals surface area contributed by atoms with Crippen LogP contribution in [0.2, 0.25) is 0 Å². The number of carboxylic acid groups (broad SMARTS) is 1. The second-order valence-electron chi connectivity index (χ2n) is 3.77. The third-order valence-electron chi connectivity index (χ3n) is 2.39. The maximum Gasteiger partial charge on any atom is 0.326 e. The molecule has 0 bridgehead atoms. The molecule has 0 saturated carbocycles. The summed E-state index contributed by atoms with van der Waals surface area (Å²) in [5.41, 5.74) is 0.373. The second kappa shape index (κ2) is 7.62. The Labute approximate surface area is 127 Å². The predicted octanol–water partition coefficient (Wildman–Crippen LogP) is 2.43. The lowest BCUT2D eigenvalue weighted by Gasteiger charge is -2.14. The summed E-state index contributed by atoms with van der Waals surface area (Å²) in [6, 6.07) is 4.14. The Morgan fingerprint density at radius 3 is 2.68 bits per heavy atom. The number of amides is 1. The summed E-state index contributed by atoms with van der Waals surface area (Å²) in [5, 5.41) is 11.5. The Balaban J connectivity index is 2.81. The lowest BCUT2D eigenvalue weighted by atomic mass is 10.1. The number of ether oxygens (including phenoxy) is 1. The minimum atomic E-state index is -1.09.